The summed E-state index contributed by atoms with van der Waals surface area (Å²) in [4.78, 5) is 4.97. The highest BCUT2D eigenvalue weighted by molar-refractivity contribution is 8.15. The molecule has 1 aliphatic rings. The van der Waals surface area contributed by atoms with Gasteiger partial charge in [0.25, 0.3) is 9.05 Å². The van der Waals surface area contributed by atoms with Gasteiger partial charge in [0.2, 0.25) is 0 Å². The van der Waals surface area contributed by atoms with E-state index in [9.17, 15) is 8.42 Å². The number of oxazole rings is 1. The average molecular weight is 304 g/mol. The topological polar surface area (TPSA) is 60.2 Å². The highest BCUT2D eigenvalue weighted by Gasteiger charge is 2.25. The van der Waals surface area contributed by atoms with Crippen LogP contribution >= 0.6 is 22.0 Å². The van der Waals surface area contributed by atoms with Crippen LogP contribution in [0.15, 0.2) is 27.0 Å². The van der Waals surface area contributed by atoms with Crippen LogP contribution in [0.3, 0.4) is 0 Å². The van der Waals surface area contributed by atoms with E-state index in [2.05, 4.69) is 4.98 Å². The molecule has 2 aromatic heterocycles. The van der Waals surface area contributed by atoms with E-state index in [-0.39, 0.29) is 4.21 Å². The third-order valence-corrected chi connectivity index (χ3v) is 6.24. The number of rotatable bonds is 3. The maximum atomic E-state index is 11.2. The lowest BCUT2D eigenvalue weighted by molar-refractivity contribution is 0.338. The Morgan fingerprint density at radius 1 is 1.39 bits per heavy atom. The summed E-state index contributed by atoms with van der Waals surface area (Å²) in [5.74, 6) is 1.78. The Balaban J connectivity index is 1.90. The first-order valence-corrected chi connectivity index (χ1v) is 8.67. The predicted molar refractivity (Wildman–Crippen MR) is 69.4 cm³/mol. The fourth-order valence-electron chi connectivity index (χ4n) is 1.83. The van der Waals surface area contributed by atoms with E-state index in [0.717, 1.165) is 34.9 Å². The van der Waals surface area contributed by atoms with Gasteiger partial charge >= 0.3 is 0 Å². The number of halogens is 1. The molecule has 0 N–H and O–H groups in total. The van der Waals surface area contributed by atoms with Crippen LogP contribution in [-0.2, 0) is 9.05 Å². The van der Waals surface area contributed by atoms with Crippen LogP contribution in [0.4, 0.5) is 0 Å². The van der Waals surface area contributed by atoms with Gasteiger partial charge in [-0.05, 0) is 25.0 Å². The second kappa shape index (κ2) is 4.36. The van der Waals surface area contributed by atoms with E-state index in [4.69, 9.17) is 15.1 Å². The molecule has 3 rings (SSSR count). The molecule has 2 heterocycles. The van der Waals surface area contributed by atoms with Crippen molar-refractivity contribution in [2.45, 2.75) is 29.4 Å². The van der Waals surface area contributed by atoms with Gasteiger partial charge in [0.15, 0.2) is 11.7 Å². The third-order valence-electron chi connectivity index (χ3n) is 3.04. The van der Waals surface area contributed by atoms with E-state index < -0.39 is 9.05 Å². The Morgan fingerprint density at radius 3 is 2.72 bits per heavy atom. The molecule has 7 heteroatoms. The molecular formula is C11H10ClNO3S2. The summed E-state index contributed by atoms with van der Waals surface area (Å²) in [6, 6.07) is 3.17. The van der Waals surface area contributed by atoms with Crippen LogP contribution in [-0.4, -0.2) is 13.4 Å². The van der Waals surface area contributed by atoms with Crippen molar-refractivity contribution in [2.75, 3.05) is 0 Å². The summed E-state index contributed by atoms with van der Waals surface area (Å²) in [5.41, 5.74) is 0. The monoisotopic (exact) mass is 303 g/mol. The molecule has 0 amide bonds. The maximum absolute atomic E-state index is 11.2. The summed E-state index contributed by atoms with van der Waals surface area (Å²) in [7, 11) is 1.62. The second-order valence-electron chi connectivity index (χ2n) is 4.25. The van der Waals surface area contributed by atoms with Crippen LogP contribution in [0, 0.1) is 0 Å². The predicted octanol–water partition coefficient (Wildman–Crippen LogP) is 3.60. The first-order chi connectivity index (χ1) is 8.54. The lowest BCUT2D eigenvalue weighted by atomic mass is 9.85. The summed E-state index contributed by atoms with van der Waals surface area (Å²) >= 11 is 1.09. The largest absolute Gasteiger partial charge is 0.440 e. The molecule has 0 aliphatic heterocycles. The summed E-state index contributed by atoms with van der Waals surface area (Å²) in [6.45, 7) is 0. The van der Waals surface area contributed by atoms with Crippen molar-refractivity contribution in [1.82, 2.24) is 4.98 Å². The number of aromatic nitrogens is 1. The SMILES string of the molecule is O=S(=O)(Cl)c1ccc(-c2cnc(C3CCC3)o2)s1. The number of hydrogen-bond donors (Lipinski definition) is 0. The van der Waals surface area contributed by atoms with Crippen molar-refractivity contribution in [3.05, 3.63) is 24.2 Å². The van der Waals surface area contributed by atoms with Crippen molar-refractivity contribution >= 4 is 31.1 Å². The minimum Gasteiger partial charge on any atom is -0.440 e. The first-order valence-electron chi connectivity index (χ1n) is 5.54. The van der Waals surface area contributed by atoms with Gasteiger partial charge in [-0.2, -0.15) is 0 Å². The number of nitrogens with zero attached hydrogens (tertiary/aromatic N) is 1. The zero-order chi connectivity index (χ0) is 12.8. The molecule has 2 aromatic rings. The molecule has 4 nitrogen and oxygen atoms in total. The molecule has 1 aliphatic carbocycles. The van der Waals surface area contributed by atoms with Gasteiger partial charge in [-0.15, -0.1) is 11.3 Å². The van der Waals surface area contributed by atoms with Crippen LogP contribution in [0.2, 0.25) is 0 Å². The van der Waals surface area contributed by atoms with E-state index in [1.807, 2.05) is 0 Å². The second-order valence-corrected chi connectivity index (χ2v) is 8.12. The normalized spacial score (nSPS) is 16.7. The third kappa shape index (κ3) is 2.20. The first kappa shape index (κ1) is 12.2. The summed E-state index contributed by atoms with van der Waals surface area (Å²) < 4.78 is 28.1. The van der Waals surface area contributed by atoms with Crippen LogP contribution in [0.25, 0.3) is 10.6 Å². The lowest BCUT2D eigenvalue weighted by Gasteiger charge is -2.21. The Bertz CT molecular complexity index is 670. The van der Waals surface area contributed by atoms with Crippen molar-refractivity contribution in [2.24, 2.45) is 0 Å². The van der Waals surface area contributed by atoms with Crippen molar-refractivity contribution in [3.63, 3.8) is 0 Å². The van der Waals surface area contributed by atoms with Crippen molar-refractivity contribution < 1.29 is 12.8 Å². The Morgan fingerprint density at radius 2 is 2.17 bits per heavy atom. The van der Waals surface area contributed by atoms with Crippen LogP contribution < -0.4 is 0 Å². The van der Waals surface area contributed by atoms with Crippen LogP contribution in [0.1, 0.15) is 31.1 Å². The zero-order valence-electron chi connectivity index (χ0n) is 9.30. The van der Waals surface area contributed by atoms with E-state index >= 15 is 0 Å². The van der Waals surface area contributed by atoms with Gasteiger partial charge < -0.3 is 4.42 Å². The quantitative estimate of drug-likeness (QED) is 0.813. The van der Waals surface area contributed by atoms with Gasteiger partial charge in [0, 0.05) is 16.6 Å². The highest BCUT2D eigenvalue weighted by atomic mass is 35.7. The molecule has 0 unspecified atom stereocenters. The molecule has 0 spiro atoms. The molecule has 0 radical (unpaired) electrons. The molecule has 1 fully saturated rings. The molecule has 0 bridgehead atoms. The number of hydrogen-bond acceptors (Lipinski definition) is 5. The van der Waals surface area contributed by atoms with Gasteiger partial charge in [0.05, 0.1) is 11.1 Å². The van der Waals surface area contributed by atoms with Gasteiger partial charge in [-0.25, -0.2) is 13.4 Å². The standard InChI is InChI=1S/C11H10ClNO3S2/c12-18(14,15)10-5-4-9(17-10)8-6-13-11(16-8)7-2-1-3-7/h4-7H,1-3H2. The zero-order valence-corrected chi connectivity index (χ0v) is 11.7. The minimum atomic E-state index is -3.66. The van der Waals surface area contributed by atoms with E-state index in [0.29, 0.717) is 11.7 Å². The number of thiophene rings is 1. The van der Waals surface area contributed by atoms with Crippen molar-refractivity contribution in [1.29, 1.82) is 0 Å². The average Bonchev–Trinajstić information content (AvgIpc) is 2.78. The minimum absolute atomic E-state index is 0.126. The molecule has 18 heavy (non-hydrogen) atoms. The van der Waals surface area contributed by atoms with Crippen molar-refractivity contribution in [3.8, 4) is 10.6 Å². The fraction of sp³-hybridized carbons (Fsp3) is 0.364. The molecule has 0 saturated heterocycles. The molecule has 96 valence electrons. The smallest absolute Gasteiger partial charge is 0.270 e. The van der Waals surface area contributed by atoms with Gasteiger partial charge in [-0.1, -0.05) is 6.42 Å². The Hall–Kier alpha value is -0.850. The lowest BCUT2D eigenvalue weighted by Crippen LogP contribution is -2.08. The Kier molecular flexibility index (Phi) is 2.96. The summed E-state index contributed by atoms with van der Waals surface area (Å²) in [5, 5.41) is 0. The fourth-order valence-corrected chi connectivity index (χ4v) is 3.85. The van der Waals surface area contributed by atoms with E-state index in [1.54, 1.807) is 12.3 Å². The van der Waals surface area contributed by atoms with Crippen LogP contribution in [0.5, 0.6) is 0 Å². The molecular weight excluding hydrogens is 294 g/mol. The van der Waals surface area contributed by atoms with Gasteiger partial charge in [0.1, 0.15) is 4.21 Å². The summed E-state index contributed by atoms with van der Waals surface area (Å²) in [6.07, 6.45) is 5.09. The Labute approximate surface area is 113 Å². The highest BCUT2D eigenvalue weighted by Crippen LogP contribution is 2.38. The van der Waals surface area contributed by atoms with E-state index in [1.165, 1.54) is 12.5 Å². The molecule has 0 atom stereocenters. The molecule has 0 aromatic carbocycles. The van der Waals surface area contributed by atoms with Gasteiger partial charge in [-0.3, -0.25) is 0 Å². The maximum Gasteiger partial charge on any atom is 0.270 e. The molecule has 1 saturated carbocycles.